The molecule has 3 aromatic carbocycles. The molecule has 0 N–H and O–H groups in total. The van der Waals surface area contributed by atoms with E-state index in [0.717, 1.165) is 55.7 Å². The molecule has 0 aliphatic carbocycles. The van der Waals surface area contributed by atoms with E-state index < -0.39 is 0 Å². The second-order valence-corrected chi connectivity index (χ2v) is 9.03. The average Bonchev–Trinajstić information content (AvgIpc) is 3.37. The van der Waals surface area contributed by atoms with Gasteiger partial charge in [0, 0.05) is 16.5 Å². The highest BCUT2D eigenvalue weighted by Crippen LogP contribution is 2.39. The van der Waals surface area contributed by atoms with Crippen LogP contribution in [0.2, 0.25) is 0 Å². The van der Waals surface area contributed by atoms with Crippen molar-refractivity contribution in [3.63, 3.8) is 0 Å². The maximum atomic E-state index is 6.46. The molecule has 0 spiro atoms. The number of para-hydroxylation sites is 3. The first kappa shape index (κ1) is 19.7. The molecule has 0 unspecified atom stereocenters. The summed E-state index contributed by atoms with van der Waals surface area (Å²) < 4.78 is 8.72. The van der Waals surface area contributed by atoms with Crippen molar-refractivity contribution in [2.24, 2.45) is 0 Å². The van der Waals surface area contributed by atoms with Crippen molar-refractivity contribution in [1.29, 1.82) is 0 Å². The van der Waals surface area contributed by atoms with E-state index in [9.17, 15) is 0 Å². The largest absolute Gasteiger partial charge is 0.437 e. The summed E-state index contributed by atoms with van der Waals surface area (Å²) in [5, 5.41) is 2.10. The van der Waals surface area contributed by atoms with Crippen molar-refractivity contribution in [3.8, 4) is 17.1 Å². The molecule has 6 aromatic rings. The third-order valence-corrected chi connectivity index (χ3v) is 6.47. The van der Waals surface area contributed by atoms with E-state index in [4.69, 9.17) is 14.4 Å². The first-order valence-electron chi connectivity index (χ1n) is 11.4. The fraction of sp³-hybridized carbons (Fsp3) is 0.172. The minimum atomic E-state index is 0.342. The number of benzene rings is 3. The number of aromatic nitrogens is 3. The van der Waals surface area contributed by atoms with Crippen LogP contribution < -0.4 is 0 Å². The quantitative estimate of drug-likeness (QED) is 0.288. The molecule has 162 valence electrons. The molecular formula is C29H25N3O. The molecule has 6 rings (SSSR count). The van der Waals surface area contributed by atoms with E-state index in [1.165, 1.54) is 5.56 Å². The molecule has 4 heteroatoms. The van der Waals surface area contributed by atoms with E-state index in [1.807, 2.05) is 6.07 Å². The lowest BCUT2D eigenvalue weighted by atomic mass is 10.0. The van der Waals surface area contributed by atoms with Gasteiger partial charge in [0.15, 0.2) is 0 Å². The summed E-state index contributed by atoms with van der Waals surface area (Å²) in [5.41, 5.74) is 9.04. The minimum absolute atomic E-state index is 0.342. The number of fused-ring (bicyclic) bond motifs is 4. The highest BCUT2D eigenvalue weighted by molar-refractivity contribution is 6.09. The average molecular weight is 432 g/mol. The highest BCUT2D eigenvalue weighted by atomic mass is 16.3. The van der Waals surface area contributed by atoms with Crippen LogP contribution in [0.3, 0.4) is 0 Å². The molecule has 0 amide bonds. The fourth-order valence-electron chi connectivity index (χ4n) is 4.68. The van der Waals surface area contributed by atoms with Gasteiger partial charge in [-0.25, -0.2) is 9.97 Å². The van der Waals surface area contributed by atoms with E-state index >= 15 is 0 Å². The molecule has 0 radical (unpaired) electrons. The molecule has 0 saturated carbocycles. The molecule has 0 bridgehead atoms. The fourth-order valence-corrected chi connectivity index (χ4v) is 4.68. The van der Waals surface area contributed by atoms with Crippen LogP contribution in [-0.4, -0.2) is 14.5 Å². The van der Waals surface area contributed by atoms with Crippen LogP contribution in [0.25, 0.3) is 50.2 Å². The van der Waals surface area contributed by atoms with Crippen LogP contribution in [0.1, 0.15) is 36.6 Å². The van der Waals surface area contributed by atoms with Crippen LogP contribution in [0, 0.1) is 13.8 Å². The Bertz CT molecular complexity index is 1670. The monoisotopic (exact) mass is 431 g/mol. The second kappa shape index (κ2) is 7.31. The standard InChI is InChI=1S/C29H25N3O/c1-17(2)22-16-15-21-20-14-13-19(4)26(27(20)33-29(21)31-22)28-30-23-10-6-8-12-25(23)32(28)24-11-7-5-9-18(24)3/h5-17H,1-4H3. The summed E-state index contributed by atoms with van der Waals surface area (Å²) >= 11 is 0. The summed E-state index contributed by atoms with van der Waals surface area (Å²) in [6.07, 6.45) is 0. The summed E-state index contributed by atoms with van der Waals surface area (Å²) in [7, 11) is 0. The topological polar surface area (TPSA) is 43.9 Å². The van der Waals surface area contributed by atoms with Gasteiger partial charge >= 0.3 is 0 Å². The lowest BCUT2D eigenvalue weighted by Crippen LogP contribution is -2.01. The lowest BCUT2D eigenvalue weighted by molar-refractivity contribution is 0.648. The SMILES string of the molecule is Cc1ccccc1-n1c(-c2c(C)ccc3c2oc2nc(C(C)C)ccc23)nc2ccccc21. The normalized spacial score (nSPS) is 11.9. The van der Waals surface area contributed by atoms with Gasteiger partial charge in [-0.2, -0.15) is 0 Å². The molecule has 33 heavy (non-hydrogen) atoms. The molecule has 0 aliphatic heterocycles. The first-order chi connectivity index (χ1) is 16.0. The zero-order valence-corrected chi connectivity index (χ0v) is 19.3. The van der Waals surface area contributed by atoms with E-state index in [2.05, 4.69) is 99.0 Å². The van der Waals surface area contributed by atoms with Crippen LogP contribution >= 0.6 is 0 Å². The molecule has 0 saturated heterocycles. The third kappa shape index (κ3) is 2.98. The minimum Gasteiger partial charge on any atom is -0.437 e. The Labute approximate surface area is 192 Å². The van der Waals surface area contributed by atoms with Crippen LogP contribution in [0.4, 0.5) is 0 Å². The van der Waals surface area contributed by atoms with Gasteiger partial charge < -0.3 is 4.42 Å². The Kier molecular flexibility index (Phi) is 4.37. The number of hydrogen-bond acceptors (Lipinski definition) is 3. The molecule has 0 atom stereocenters. The van der Waals surface area contributed by atoms with Gasteiger partial charge in [-0.15, -0.1) is 0 Å². The van der Waals surface area contributed by atoms with Crippen LogP contribution in [0.5, 0.6) is 0 Å². The molecule has 4 nitrogen and oxygen atoms in total. The van der Waals surface area contributed by atoms with E-state index in [0.29, 0.717) is 11.6 Å². The molecule has 3 heterocycles. The predicted octanol–water partition coefficient (Wildman–Crippen LogP) is 7.73. The highest BCUT2D eigenvalue weighted by Gasteiger charge is 2.22. The van der Waals surface area contributed by atoms with Gasteiger partial charge in [0.2, 0.25) is 5.71 Å². The summed E-state index contributed by atoms with van der Waals surface area (Å²) in [4.78, 5) is 9.93. The number of hydrogen-bond donors (Lipinski definition) is 0. The van der Waals surface area contributed by atoms with Gasteiger partial charge in [-0.3, -0.25) is 4.57 Å². The summed E-state index contributed by atoms with van der Waals surface area (Å²) in [6, 6.07) is 25.3. The van der Waals surface area contributed by atoms with Crippen LogP contribution in [-0.2, 0) is 0 Å². The maximum Gasteiger partial charge on any atom is 0.227 e. The second-order valence-electron chi connectivity index (χ2n) is 9.03. The molecule has 3 aromatic heterocycles. The first-order valence-corrected chi connectivity index (χ1v) is 11.4. The zero-order chi connectivity index (χ0) is 22.7. The van der Waals surface area contributed by atoms with Gasteiger partial charge in [-0.1, -0.05) is 56.3 Å². The van der Waals surface area contributed by atoms with Crippen molar-refractivity contribution >= 4 is 33.1 Å². The number of pyridine rings is 1. The van der Waals surface area contributed by atoms with Gasteiger partial charge in [0.25, 0.3) is 0 Å². The van der Waals surface area contributed by atoms with E-state index in [-0.39, 0.29) is 0 Å². The van der Waals surface area contributed by atoms with Crippen molar-refractivity contribution in [1.82, 2.24) is 14.5 Å². The van der Waals surface area contributed by atoms with Crippen molar-refractivity contribution in [3.05, 3.63) is 89.6 Å². The molecule has 0 aliphatic rings. The summed E-state index contributed by atoms with van der Waals surface area (Å²) in [6.45, 7) is 8.56. The molecular weight excluding hydrogens is 406 g/mol. The Morgan fingerprint density at radius 3 is 2.33 bits per heavy atom. The van der Waals surface area contributed by atoms with Crippen LogP contribution in [0.15, 0.2) is 77.2 Å². The van der Waals surface area contributed by atoms with E-state index in [1.54, 1.807) is 0 Å². The number of aryl methyl sites for hydroxylation is 2. The Hall–Kier alpha value is -3.92. The van der Waals surface area contributed by atoms with Gasteiger partial charge in [0.1, 0.15) is 11.4 Å². The van der Waals surface area contributed by atoms with Gasteiger partial charge in [0.05, 0.1) is 22.3 Å². The number of rotatable bonds is 3. The Balaban J connectivity index is 1.73. The number of furan rings is 1. The number of nitrogens with zero attached hydrogens (tertiary/aromatic N) is 3. The number of imidazole rings is 1. The third-order valence-electron chi connectivity index (χ3n) is 6.47. The Morgan fingerprint density at radius 1 is 0.758 bits per heavy atom. The van der Waals surface area contributed by atoms with Crippen molar-refractivity contribution in [2.75, 3.05) is 0 Å². The Morgan fingerprint density at radius 2 is 1.52 bits per heavy atom. The molecule has 0 fully saturated rings. The predicted molar refractivity (Wildman–Crippen MR) is 135 cm³/mol. The van der Waals surface area contributed by atoms with Gasteiger partial charge in [-0.05, 0) is 61.2 Å². The lowest BCUT2D eigenvalue weighted by Gasteiger charge is -2.14. The zero-order valence-electron chi connectivity index (χ0n) is 19.3. The smallest absolute Gasteiger partial charge is 0.227 e. The summed E-state index contributed by atoms with van der Waals surface area (Å²) in [5.74, 6) is 1.23. The van der Waals surface area contributed by atoms with Crippen molar-refractivity contribution in [2.45, 2.75) is 33.6 Å². The maximum absolute atomic E-state index is 6.46. The van der Waals surface area contributed by atoms with Crippen molar-refractivity contribution < 1.29 is 4.42 Å².